The van der Waals surface area contributed by atoms with Crippen molar-refractivity contribution in [1.82, 2.24) is 9.55 Å². The SMILES string of the molecule is CC(=O)O.CC(C)(C)c1csc(-c2cc3cc(Cn4cc(CC(=O)O)c5cc(OCC6CC6)ccc54)ccc3o2)n1. The molecule has 3 aromatic heterocycles. The van der Waals surface area contributed by atoms with Gasteiger partial charge in [-0.2, -0.15) is 0 Å². The Hall–Kier alpha value is -4.11. The third kappa shape index (κ3) is 6.97. The first-order valence-electron chi connectivity index (χ1n) is 13.6. The molecule has 5 aromatic rings. The molecule has 0 unspecified atom stereocenters. The second-order valence-corrected chi connectivity index (χ2v) is 12.4. The summed E-state index contributed by atoms with van der Waals surface area (Å²) in [5.74, 6) is 0.565. The van der Waals surface area contributed by atoms with Crippen LogP contribution in [0.4, 0.5) is 0 Å². The Bertz CT molecular complexity index is 1710. The van der Waals surface area contributed by atoms with E-state index in [0.29, 0.717) is 12.5 Å². The van der Waals surface area contributed by atoms with Gasteiger partial charge in [0, 0.05) is 46.7 Å². The fraction of sp³-hybridized carbons (Fsp3) is 0.344. The van der Waals surface area contributed by atoms with Gasteiger partial charge < -0.3 is 23.9 Å². The summed E-state index contributed by atoms with van der Waals surface area (Å²) in [6, 6.07) is 14.3. The largest absolute Gasteiger partial charge is 0.493 e. The summed E-state index contributed by atoms with van der Waals surface area (Å²) < 4.78 is 14.2. The number of carbonyl (C=O) groups is 2. The van der Waals surface area contributed by atoms with Gasteiger partial charge in [0.2, 0.25) is 0 Å². The number of hydrogen-bond acceptors (Lipinski definition) is 6. The van der Waals surface area contributed by atoms with E-state index in [1.165, 1.54) is 12.8 Å². The lowest BCUT2D eigenvalue weighted by atomic mass is 9.93. The minimum Gasteiger partial charge on any atom is -0.493 e. The van der Waals surface area contributed by atoms with Crippen LogP contribution in [0, 0.1) is 5.92 Å². The molecule has 1 aliphatic carbocycles. The molecule has 1 aliphatic rings. The van der Waals surface area contributed by atoms with Crippen LogP contribution in [0.3, 0.4) is 0 Å². The zero-order chi connectivity index (χ0) is 29.3. The third-order valence-corrected chi connectivity index (χ3v) is 7.73. The predicted octanol–water partition coefficient (Wildman–Crippen LogP) is 7.36. The Labute approximate surface area is 242 Å². The van der Waals surface area contributed by atoms with Crippen LogP contribution in [0.1, 0.15) is 57.4 Å². The van der Waals surface area contributed by atoms with Crippen LogP contribution in [0.15, 0.2) is 58.5 Å². The summed E-state index contributed by atoms with van der Waals surface area (Å²) in [6.07, 6.45) is 4.39. The van der Waals surface area contributed by atoms with Gasteiger partial charge in [-0.15, -0.1) is 11.3 Å². The number of carboxylic acid groups (broad SMARTS) is 2. The Balaban J connectivity index is 0.000000794. The lowest BCUT2D eigenvalue weighted by Gasteiger charge is -2.13. The summed E-state index contributed by atoms with van der Waals surface area (Å²) in [5, 5.41) is 21.8. The minimum absolute atomic E-state index is 0.00291. The molecule has 0 bridgehead atoms. The number of fused-ring (bicyclic) bond motifs is 2. The maximum Gasteiger partial charge on any atom is 0.307 e. The number of ether oxygens (including phenoxy) is 1. The van der Waals surface area contributed by atoms with Crippen molar-refractivity contribution in [3.8, 4) is 16.5 Å². The number of carboxylic acids is 2. The highest BCUT2D eigenvalue weighted by atomic mass is 32.1. The zero-order valence-corrected chi connectivity index (χ0v) is 24.5. The molecule has 6 rings (SSSR count). The van der Waals surface area contributed by atoms with Crippen molar-refractivity contribution in [1.29, 1.82) is 0 Å². The first-order valence-corrected chi connectivity index (χ1v) is 14.5. The van der Waals surface area contributed by atoms with Crippen LogP contribution in [0.2, 0.25) is 0 Å². The molecule has 1 fully saturated rings. The van der Waals surface area contributed by atoms with Gasteiger partial charge in [-0.05, 0) is 66.3 Å². The summed E-state index contributed by atoms with van der Waals surface area (Å²) in [4.78, 5) is 25.3. The lowest BCUT2D eigenvalue weighted by molar-refractivity contribution is -0.136. The topological polar surface area (TPSA) is 115 Å². The predicted molar refractivity (Wildman–Crippen MR) is 160 cm³/mol. The van der Waals surface area contributed by atoms with Crippen LogP contribution in [-0.2, 0) is 28.0 Å². The standard InChI is InChI=1S/C30H30N2O4S.C2H4O2/c1-30(2,3)27-17-37-29(31-27)26-11-20-10-19(6-9-25(20)36-26)14-32-15-21(12-28(33)34)23-13-22(7-8-24(23)32)35-16-18-4-5-18;1-2(3)4/h6-11,13,15,17-18H,4-5,12,14,16H2,1-3H3,(H,33,34);1H3,(H,3,4). The molecule has 0 atom stereocenters. The number of furan rings is 1. The Morgan fingerprint density at radius 3 is 2.54 bits per heavy atom. The Morgan fingerprint density at radius 1 is 1.12 bits per heavy atom. The molecule has 8 nitrogen and oxygen atoms in total. The van der Waals surface area contributed by atoms with E-state index >= 15 is 0 Å². The van der Waals surface area contributed by atoms with E-state index < -0.39 is 11.9 Å². The molecule has 3 heterocycles. The molecule has 0 saturated heterocycles. The number of aliphatic carboxylic acids is 2. The highest BCUT2D eigenvalue weighted by Crippen LogP contribution is 2.35. The third-order valence-electron chi connectivity index (χ3n) is 6.88. The number of benzene rings is 2. The molecule has 0 spiro atoms. The molecule has 0 radical (unpaired) electrons. The summed E-state index contributed by atoms with van der Waals surface area (Å²) >= 11 is 1.60. The van der Waals surface area contributed by atoms with Crippen molar-refractivity contribution in [3.05, 3.63) is 70.9 Å². The Kier molecular flexibility index (Phi) is 7.91. The maximum absolute atomic E-state index is 11.6. The number of hydrogen-bond donors (Lipinski definition) is 2. The molecule has 2 aromatic carbocycles. The fourth-order valence-electron chi connectivity index (χ4n) is 4.60. The van der Waals surface area contributed by atoms with Crippen molar-refractivity contribution >= 4 is 45.1 Å². The Morgan fingerprint density at radius 2 is 1.88 bits per heavy atom. The monoisotopic (exact) mass is 574 g/mol. The van der Waals surface area contributed by atoms with E-state index in [2.05, 4.69) is 48.9 Å². The molecule has 41 heavy (non-hydrogen) atoms. The second kappa shape index (κ2) is 11.4. The highest BCUT2D eigenvalue weighted by Gasteiger charge is 2.22. The number of nitrogens with zero attached hydrogens (tertiary/aromatic N) is 2. The van der Waals surface area contributed by atoms with E-state index in [1.807, 2.05) is 30.5 Å². The van der Waals surface area contributed by atoms with Crippen LogP contribution in [-0.4, -0.2) is 38.3 Å². The van der Waals surface area contributed by atoms with Gasteiger partial charge >= 0.3 is 5.97 Å². The van der Waals surface area contributed by atoms with Crippen molar-refractivity contribution in [2.75, 3.05) is 6.61 Å². The first-order chi connectivity index (χ1) is 19.5. The first kappa shape index (κ1) is 28.4. The van der Waals surface area contributed by atoms with Crippen LogP contribution in [0.5, 0.6) is 5.75 Å². The molecule has 2 N–H and O–H groups in total. The van der Waals surface area contributed by atoms with Crippen molar-refractivity contribution in [2.24, 2.45) is 5.92 Å². The summed E-state index contributed by atoms with van der Waals surface area (Å²) in [6.45, 7) is 8.91. The highest BCUT2D eigenvalue weighted by molar-refractivity contribution is 7.13. The van der Waals surface area contributed by atoms with Gasteiger partial charge in [-0.3, -0.25) is 9.59 Å². The fourth-order valence-corrected chi connectivity index (χ4v) is 5.59. The molecule has 0 amide bonds. The van der Waals surface area contributed by atoms with Crippen molar-refractivity contribution in [2.45, 2.75) is 58.9 Å². The van der Waals surface area contributed by atoms with E-state index in [1.54, 1.807) is 11.3 Å². The van der Waals surface area contributed by atoms with E-state index in [-0.39, 0.29) is 11.8 Å². The van der Waals surface area contributed by atoms with E-state index in [9.17, 15) is 9.90 Å². The van der Waals surface area contributed by atoms with E-state index in [4.69, 9.17) is 24.0 Å². The smallest absolute Gasteiger partial charge is 0.307 e. The zero-order valence-electron chi connectivity index (χ0n) is 23.6. The van der Waals surface area contributed by atoms with Crippen LogP contribution < -0.4 is 4.74 Å². The lowest BCUT2D eigenvalue weighted by Crippen LogP contribution is -2.11. The normalized spacial score (nSPS) is 13.3. The van der Waals surface area contributed by atoms with Gasteiger partial charge in [0.15, 0.2) is 10.8 Å². The average Bonchev–Trinajstić information content (AvgIpc) is 3.27. The quantitative estimate of drug-likeness (QED) is 0.199. The van der Waals surface area contributed by atoms with Gasteiger partial charge in [0.25, 0.3) is 5.97 Å². The van der Waals surface area contributed by atoms with Gasteiger partial charge in [-0.1, -0.05) is 26.8 Å². The van der Waals surface area contributed by atoms with Gasteiger partial charge in [0.1, 0.15) is 11.3 Å². The van der Waals surface area contributed by atoms with Crippen molar-refractivity contribution < 1.29 is 29.0 Å². The second-order valence-electron chi connectivity index (χ2n) is 11.6. The summed E-state index contributed by atoms with van der Waals surface area (Å²) in [7, 11) is 0. The minimum atomic E-state index is -0.840. The van der Waals surface area contributed by atoms with Crippen LogP contribution >= 0.6 is 11.3 Å². The van der Waals surface area contributed by atoms with Crippen LogP contribution in [0.25, 0.3) is 32.6 Å². The molecule has 9 heteroatoms. The molecular formula is C32H34N2O6S. The molecule has 1 saturated carbocycles. The number of aromatic nitrogens is 2. The molecule has 214 valence electrons. The maximum atomic E-state index is 11.6. The van der Waals surface area contributed by atoms with E-state index in [0.717, 1.165) is 68.7 Å². The molecule has 0 aliphatic heterocycles. The molecular weight excluding hydrogens is 540 g/mol. The van der Waals surface area contributed by atoms with Gasteiger partial charge in [-0.25, -0.2) is 4.98 Å². The number of rotatable bonds is 8. The average molecular weight is 575 g/mol. The van der Waals surface area contributed by atoms with Crippen molar-refractivity contribution in [3.63, 3.8) is 0 Å². The summed E-state index contributed by atoms with van der Waals surface area (Å²) in [5.41, 5.74) is 4.79. The van der Waals surface area contributed by atoms with Gasteiger partial charge in [0.05, 0.1) is 18.7 Å². The number of thiazole rings is 1.